The number of aryl methyl sites for hydroxylation is 1. The Morgan fingerprint density at radius 1 is 1.04 bits per heavy atom. The molecule has 0 saturated carbocycles. The van der Waals surface area contributed by atoms with Crippen molar-refractivity contribution in [2.75, 3.05) is 39.3 Å². The van der Waals surface area contributed by atoms with Crippen LogP contribution in [0.5, 0.6) is 0 Å². The number of amides is 2. The lowest BCUT2D eigenvalue weighted by Crippen LogP contribution is -2.54. The summed E-state index contributed by atoms with van der Waals surface area (Å²) in [6, 6.07) is 9.98. The normalized spacial score (nSPS) is 24.6. The predicted octanol–water partition coefficient (Wildman–Crippen LogP) is 0.355. The Labute approximate surface area is 149 Å². The lowest BCUT2D eigenvalue weighted by Gasteiger charge is -2.38. The van der Waals surface area contributed by atoms with Crippen LogP contribution in [0.4, 0.5) is 0 Å². The highest BCUT2D eigenvalue weighted by Gasteiger charge is 2.38. The van der Waals surface area contributed by atoms with Crippen LogP contribution in [-0.2, 0) is 16.0 Å². The van der Waals surface area contributed by atoms with Crippen LogP contribution in [0, 0.1) is 0 Å². The van der Waals surface area contributed by atoms with Crippen molar-refractivity contribution in [3.05, 3.63) is 35.9 Å². The van der Waals surface area contributed by atoms with Crippen LogP contribution in [-0.4, -0.2) is 83.0 Å². The van der Waals surface area contributed by atoms with Crippen molar-refractivity contribution in [1.29, 1.82) is 0 Å². The molecule has 0 radical (unpaired) electrons. The van der Waals surface area contributed by atoms with Crippen molar-refractivity contribution in [3.8, 4) is 0 Å². The van der Waals surface area contributed by atoms with E-state index < -0.39 is 6.10 Å². The van der Waals surface area contributed by atoms with Crippen LogP contribution in [0.2, 0.25) is 0 Å². The molecule has 2 amide bonds. The number of hydrogen-bond acceptors (Lipinski definition) is 4. The molecule has 3 rings (SSSR count). The molecule has 6 heteroatoms. The number of benzene rings is 1. The maximum Gasteiger partial charge on any atom is 0.223 e. The number of likely N-dealkylation sites (tertiary alicyclic amines) is 1. The molecular formula is C19H27N3O3. The third-order valence-electron chi connectivity index (χ3n) is 5.31. The van der Waals surface area contributed by atoms with Crippen molar-refractivity contribution in [2.24, 2.45) is 0 Å². The Morgan fingerprint density at radius 3 is 2.36 bits per heavy atom. The SMILES string of the molecule is CC(=O)N1CCN([C@@H]2CN(C(=O)CCc3ccccc3)C[C@H]2O)CC1. The summed E-state index contributed by atoms with van der Waals surface area (Å²) in [6.45, 7) is 5.48. The van der Waals surface area contributed by atoms with Gasteiger partial charge in [0.1, 0.15) is 0 Å². The number of hydrogen-bond donors (Lipinski definition) is 1. The number of β-amino-alcohol motifs (C(OH)–C–C–N with tert-alkyl or cyclic N) is 1. The maximum atomic E-state index is 12.5. The van der Waals surface area contributed by atoms with Gasteiger partial charge in [0.05, 0.1) is 12.1 Å². The summed E-state index contributed by atoms with van der Waals surface area (Å²) < 4.78 is 0. The van der Waals surface area contributed by atoms with E-state index in [0.29, 0.717) is 32.6 Å². The van der Waals surface area contributed by atoms with Crippen LogP contribution in [0.15, 0.2) is 30.3 Å². The first-order valence-electron chi connectivity index (χ1n) is 9.04. The molecule has 2 heterocycles. The summed E-state index contributed by atoms with van der Waals surface area (Å²) in [7, 11) is 0. The molecule has 0 unspecified atom stereocenters. The molecule has 2 aliphatic rings. The van der Waals surface area contributed by atoms with Gasteiger partial charge >= 0.3 is 0 Å². The number of piperazine rings is 1. The fraction of sp³-hybridized carbons (Fsp3) is 0.579. The second-order valence-electron chi connectivity index (χ2n) is 6.96. The highest BCUT2D eigenvalue weighted by Crippen LogP contribution is 2.19. The van der Waals surface area contributed by atoms with E-state index in [-0.39, 0.29) is 17.9 Å². The summed E-state index contributed by atoms with van der Waals surface area (Å²) in [5.74, 6) is 0.206. The molecule has 1 N–H and O–H groups in total. The quantitative estimate of drug-likeness (QED) is 0.856. The zero-order valence-electron chi connectivity index (χ0n) is 14.8. The van der Waals surface area contributed by atoms with Crippen LogP contribution >= 0.6 is 0 Å². The lowest BCUT2D eigenvalue weighted by atomic mass is 10.1. The molecule has 2 saturated heterocycles. The monoisotopic (exact) mass is 345 g/mol. The van der Waals surface area contributed by atoms with E-state index in [4.69, 9.17) is 0 Å². The molecule has 2 atom stereocenters. The van der Waals surface area contributed by atoms with Gasteiger partial charge in [-0.3, -0.25) is 14.5 Å². The molecule has 0 spiro atoms. The average Bonchev–Trinajstić information content (AvgIpc) is 3.02. The van der Waals surface area contributed by atoms with Crippen LogP contribution in [0.3, 0.4) is 0 Å². The Bertz CT molecular complexity index is 599. The zero-order chi connectivity index (χ0) is 17.8. The molecule has 2 fully saturated rings. The standard InChI is InChI=1S/C19H27N3O3/c1-15(23)20-9-11-21(12-10-20)17-13-22(14-18(17)24)19(25)8-7-16-5-3-2-4-6-16/h2-6,17-18,24H,7-14H2,1H3/t17-,18-/m1/s1. The summed E-state index contributed by atoms with van der Waals surface area (Å²) in [5.41, 5.74) is 1.16. The highest BCUT2D eigenvalue weighted by atomic mass is 16.3. The van der Waals surface area contributed by atoms with Gasteiger partial charge in [0.15, 0.2) is 0 Å². The Morgan fingerprint density at radius 2 is 1.72 bits per heavy atom. The highest BCUT2D eigenvalue weighted by molar-refractivity contribution is 5.77. The van der Waals surface area contributed by atoms with Crippen LogP contribution in [0.1, 0.15) is 18.9 Å². The summed E-state index contributed by atoms with van der Waals surface area (Å²) >= 11 is 0. The van der Waals surface area contributed by atoms with E-state index >= 15 is 0 Å². The number of nitrogens with zero attached hydrogens (tertiary/aromatic N) is 3. The molecule has 0 aromatic heterocycles. The molecule has 136 valence electrons. The number of carbonyl (C=O) groups is 2. The van der Waals surface area contributed by atoms with Gasteiger partial charge in [-0.2, -0.15) is 0 Å². The van der Waals surface area contributed by atoms with E-state index in [2.05, 4.69) is 4.90 Å². The molecular weight excluding hydrogens is 318 g/mol. The first kappa shape index (κ1) is 17.9. The van der Waals surface area contributed by atoms with Crippen LogP contribution < -0.4 is 0 Å². The minimum atomic E-state index is -0.510. The smallest absolute Gasteiger partial charge is 0.223 e. The number of rotatable bonds is 4. The van der Waals surface area contributed by atoms with Gasteiger partial charge in [-0.25, -0.2) is 0 Å². The first-order chi connectivity index (χ1) is 12.0. The van der Waals surface area contributed by atoms with E-state index in [1.807, 2.05) is 35.2 Å². The van der Waals surface area contributed by atoms with E-state index in [1.54, 1.807) is 11.8 Å². The third kappa shape index (κ3) is 4.38. The Hall–Kier alpha value is -1.92. The van der Waals surface area contributed by atoms with Gasteiger partial charge in [-0.15, -0.1) is 0 Å². The second-order valence-corrected chi connectivity index (χ2v) is 6.96. The fourth-order valence-electron chi connectivity index (χ4n) is 3.75. The molecule has 1 aromatic carbocycles. The lowest BCUT2D eigenvalue weighted by molar-refractivity contribution is -0.131. The number of aliphatic hydroxyl groups is 1. The molecule has 25 heavy (non-hydrogen) atoms. The number of aliphatic hydroxyl groups excluding tert-OH is 1. The van der Waals surface area contributed by atoms with Gasteiger partial charge in [-0.1, -0.05) is 30.3 Å². The fourth-order valence-corrected chi connectivity index (χ4v) is 3.75. The van der Waals surface area contributed by atoms with Crippen molar-refractivity contribution < 1.29 is 14.7 Å². The third-order valence-corrected chi connectivity index (χ3v) is 5.31. The van der Waals surface area contributed by atoms with Gasteiger partial charge < -0.3 is 14.9 Å². The molecule has 0 aliphatic carbocycles. The first-order valence-corrected chi connectivity index (χ1v) is 9.04. The van der Waals surface area contributed by atoms with Gasteiger partial charge in [-0.05, 0) is 12.0 Å². The van der Waals surface area contributed by atoms with Crippen molar-refractivity contribution in [3.63, 3.8) is 0 Å². The second kappa shape index (κ2) is 7.97. The largest absolute Gasteiger partial charge is 0.390 e. The Balaban J connectivity index is 1.49. The number of carbonyl (C=O) groups excluding carboxylic acids is 2. The van der Waals surface area contributed by atoms with Gasteiger partial charge in [0.2, 0.25) is 11.8 Å². The van der Waals surface area contributed by atoms with Crippen molar-refractivity contribution in [2.45, 2.75) is 31.9 Å². The maximum absolute atomic E-state index is 12.5. The van der Waals surface area contributed by atoms with Crippen LogP contribution in [0.25, 0.3) is 0 Å². The van der Waals surface area contributed by atoms with E-state index in [0.717, 1.165) is 25.1 Å². The minimum absolute atomic E-state index is 0.0187. The molecule has 1 aromatic rings. The topological polar surface area (TPSA) is 64.1 Å². The molecule has 0 bridgehead atoms. The Kier molecular flexibility index (Phi) is 5.71. The molecule has 6 nitrogen and oxygen atoms in total. The molecule has 2 aliphatic heterocycles. The van der Waals surface area contributed by atoms with Crippen molar-refractivity contribution in [1.82, 2.24) is 14.7 Å². The summed E-state index contributed by atoms with van der Waals surface area (Å²) in [4.78, 5) is 29.7. The van der Waals surface area contributed by atoms with E-state index in [9.17, 15) is 14.7 Å². The summed E-state index contributed by atoms with van der Waals surface area (Å²) in [6.07, 6.45) is 0.694. The minimum Gasteiger partial charge on any atom is -0.390 e. The average molecular weight is 345 g/mol. The predicted molar refractivity (Wildman–Crippen MR) is 95.0 cm³/mol. The van der Waals surface area contributed by atoms with E-state index in [1.165, 1.54) is 0 Å². The van der Waals surface area contributed by atoms with Gasteiger partial charge in [0.25, 0.3) is 0 Å². The summed E-state index contributed by atoms with van der Waals surface area (Å²) in [5, 5.41) is 10.4. The van der Waals surface area contributed by atoms with Crippen molar-refractivity contribution >= 4 is 11.8 Å². The zero-order valence-corrected chi connectivity index (χ0v) is 14.8. The van der Waals surface area contributed by atoms with Gasteiger partial charge in [0, 0.05) is 52.6 Å².